The van der Waals surface area contributed by atoms with E-state index in [1.807, 2.05) is 62.4 Å². The van der Waals surface area contributed by atoms with Gasteiger partial charge in [0.15, 0.2) is 0 Å². The number of ether oxygens (including phenoxy) is 1. The van der Waals surface area contributed by atoms with E-state index >= 15 is 0 Å². The standard InChI is InChI=1S/C17H21NO3S/c1-13-5-4-6-15(11-13)12-22(19,20)18-14(2)16-7-9-17(21-3)10-8-16/h4-11,14,18H,12H2,1-3H3/t14-/m1/s1. The second kappa shape index (κ2) is 6.94. The highest BCUT2D eigenvalue weighted by Gasteiger charge is 2.16. The molecule has 1 atom stereocenters. The zero-order valence-electron chi connectivity index (χ0n) is 13.0. The summed E-state index contributed by atoms with van der Waals surface area (Å²) in [6.07, 6.45) is 0. The molecule has 2 rings (SSSR count). The van der Waals surface area contributed by atoms with Crippen LogP contribution >= 0.6 is 0 Å². The maximum atomic E-state index is 12.3. The molecule has 0 radical (unpaired) electrons. The molecule has 0 aliphatic rings. The van der Waals surface area contributed by atoms with Crippen molar-refractivity contribution in [3.8, 4) is 5.75 Å². The van der Waals surface area contributed by atoms with Crippen LogP contribution in [0.25, 0.3) is 0 Å². The van der Waals surface area contributed by atoms with Gasteiger partial charge in [-0.05, 0) is 37.1 Å². The average molecular weight is 319 g/mol. The molecule has 2 aromatic rings. The smallest absolute Gasteiger partial charge is 0.216 e. The third kappa shape index (κ3) is 4.58. The molecule has 0 heterocycles. The van der Waals surface area contributed by atoms with Gasteiger partial charge in [0.2, 0.25) is 10.0 Å². The molecule has 4 nitrogen and oxygen atoms in total. The summed E-state index contributed by atoms with van der Waals surface area (Å²) < 4.78 is 32.4. The van der Waals surface area contributed by atoms with E-state index in [9.17, 15) is 8.42 Å². The largest absolute Gasteiger partial charge is 0.497 e. The fourth-order valence-corrected chi connectivity index (χ4v) is 3.67. The molecule has 1 N–H and O–H groups in total. The minimum Gasteiger partial charge on any atom is -0.497 e. The molecular weight excluding hydrogens is 298 g/mol. The fourth-order valence-electron chi connectivity index (χ4n) is 2.29. The molecular formula is C17H21NO3S. The monoisotopic (exact) mass is 319 g/mol. The average Bonchev–Trinajstić information content (AvgIpc) is 2.46. The highest BCUT2D eigenvalue weighted by Crippen LogP contribution is 2.19. The van der Waals surface area contributed by atoms with E-state index in [-0.39, 0.29) is 11.8 Å². The van der Waals surface area contributed by atoms with E-state index in [0.717, 1.165) is 22.4 Å². The predicted octanol–water partition coefficient (Wildman–Crippen LogP) is 3.18. The van der Waals surface area contributed by atoms with Gasteiger partial charge < -0.3 is 4.74 Å². The molecule has 0 spiro atoms. The van der Waals surface area contributed by atoms with E-state index < -0.39 is 10.0 Å². The molecule has 0 unspecified atom stereocenters. The lowest BCUT2D eigenvalue weighted by molar-refractivity contribution is 0.414. The van der Waals surface area contributed by atoms with Crippen molar-refractivity contribution in [3.63, 3.8) is 0 Å². The highest BCUT2D eigenvalue weighted by atomic mass is 32.2. The first-order chi connectivity index (χ1) is 10.4. The molecule has 0 aliphatic heterocycles. The van der Waals surface area contributed by atoms with Gasteiger partial charge in [-0.25, -0.2) is 13.1 Å². The Balaban J connectivity index is 2.07. The number of hydrogen-bond donors (Lipinski definition) is 1. The van der Waals surface area contributed by atoms with E-state index in [4.69, 9.17) is 4.74 Å². The van der Waals surface area contributed by atoms with Gasteiger partial charge in [-0.2, -0.15) is 0 Å². The number of benzene rings is 2. The van der Waals surface area contributed by atoms with E-state index in [0.29, 0.717) is 0 Å². The maximum Gasteiger partial charge on any atom is 0.216 e. The Labute approximate surface area is 132 Å². The van der Waals surface area contributed by atoms with Crippen molar-refractivity contribution < 1.29 is 13.2 Å². The van der Waals surface area contributed by atoms with Gasteiger partial charge in [-0.1, -0.05) is 42.0 Å². The van der Waals surface area contributed by atoms with Gasteiger partial charge in [0.05, 0.1) is 12.9 Å². The summed E-state index contributed by atoms with van der Waals surface area (Å²) in [6.45, 7) is 3.78. The van der Waals surface area contributed by atoms with E-state index in [2.05, 4.69) is 4.72 Å². The van der Waals surface area contributed by atoms with Crippen molar-refractivity contribution in [1.82, 2.24) is 4.72 Å². The summed E-state index contributed by atoms with van der Waals surface area (Å²) in [5.41, 5.74) is 2.74. The lowest BCUT2D eigenvalue weighted by atomic mass is 10.1. The summed E-state index contributed by atoms with van der Waals surface area (Å²) in [4.78, 5) is 0. The van der Waals surface area contributed by atoms with Crippen LogP contribution < -0.4 is 9.46 Å². The molecule has 22 heavy (non-hydrogen) atoms. The normalized spacial score (nSPS) is 12.9. The number of aryl methyl sites for hydroxylation is 1. The predicted molar refractivity (Wildman–Crippen MR) is 88.3 cm³/mol. The topological polar surface area (TPSA) is 55.4 Å². The van der Waals surface area contributed by atoms with Crippen molar-refractivity contribution in [1.29, 1.82) is 0 Å². The number of hydrogen-bond acceptors (Lipinski definition) is 3. The van der Waals surface area contributed by atoms with Crippen molar-refractivity contribution in [2.45, 2.75) is 25.6 Å². The van der Waals surface area contributed by atoms with Crippen LogP contribution in [0.4, 0.5) is 0 Å². The van der Waals surface area contributed by atoms with Gasteiger partial charge >= 0.3 is 0 Å². The van der Waals surface area contributed by atoms with Crippen LogP contribution in [0.1, 0.15) is 29.7 Å². The van der Waals surface area contributed by atoms with Crippen molar-refractivity contribution in [2.75, 3.05) is 7.11 Å². The third-order valence-corrected chi connectivity index (χ3v) is 4.84. The van der Waals surface area contributed by atoms with Crippen LogP contribution in [0.15, 0.2) is 48.5 Å². The zero-order chi connectivity index (χ0) is 16.2. The van der Waals surface area contributed by atoms with Crippen LogP contribution in [0.5, 0.6) is 5.75 Å². The molecule has 0 aromatic heterocycles. The van der Waals surface area contributed by atoms with Gasteiger partial charge in [-0.15, -0.1) is 0 Å². The van der Waals surface area contributed by atoms with Crippen molar-refractivity contribution in [3.05, 3.63) is 65.2 Å². The summed E-state index contributed by atoms with van der Waals surface area (Å²) in [6, 6.07) is 14.6. The Hall–Kier alpha value is -1.85. The Bertz CT molecular complexity index is 724. The van der Waals surface area contributed by atoms with Crippen molar-refractivity contribution >= 4 is 10.0 Å². The first-order valence-corrected chi connectivity index (χ1v) is 8.74. The minimum absolute atomic E-state index is 0.0187. The third-order valence-electron chi connectivity index (χ3n) is 3.41. The lowest BCUT2D eigenvalue weighted by Crippen LogP contribution is -2.28. The lowest BCUT2D eigenvalue weighted by Gasteiger charge is -2.15. The van der Waals surface area contributed by atoms with Gasteiger partial charge in [0.1, 0.15) is 5.75 Å². The Morgan fingerprint density at radius 2 is 1.82 bits per heavy atom. The van der Waals surface area contributed by atoms with Crippen LogP contribution in [-0.4, -0.2) is 15.5 Å². The molecule has 0 amide bonds. The zero-order valence-corrected chi connectivity index (χ0v) is 13.9. The summed E-state index contributed by atoms with van der Waals surface area (Å²) in [5, 5.41) is 0. The SMILES string of the molecule is COc1ccc([C@@H](C)NS(=O)(=O)Cc2cccc(C)c2)cc1. The second-order valence-corrected chi connectivity index (χ2v) is 7.11. The molecule has 5 heteroatoms. The number of nitrogens with one attached hydrogen (secondary N) is 1. The number of methoxy groups -OCH3 is 1. The fraction of sp³-hybridized carbons (Fsp3) is 0.294. The summed E-state index contributed by atoms with van der Waals surface area (Å²) in [7, 11) is -1.80. The van der Waals surface area contributed by atoms with Gasteiger partial charge in [-0.3, -0.25) is 0 Å². The maximum absolute atomic E-state index is 12.3. The molecule has 0 saturated heterocycles. The molecule has 0 aliphatic carbocycles. The van der Waals surface area contributed by atoms with E-state index in [1.54, 1.807) is 7.11 Å². The summed E-state index contributed by atoms with van der Waals surface area (Å²) in [5.74, 6) is 0.730. The van der Waals surface area contributed by atoms with Crippen LogP contribution in [0.3, 0.4) is 0 Å². The summed E-state index contributed by atoms with van der Waals surface area (Å²) >= 11 is 0. The van der Waals surface area contributed by atoms with Crippen LogP contribution in [0, 0.1) is 6.92 Å². The molecule has 0 saturated carbocycles. The number of rotatable bonds is 6. The van der Waals surface area contributed by atoms with Gasteiger partial charge in [0, 0.05) is 6.04 Å². The van der Waals surface area contributed by atoms with Crippen LogP contribution in [0.2, 0.25) is 0 Å². The second-order valence-electron chi connectivity index (χ2n) is 5.36. The molecule has 118 valence electrons. The molecule has 0 bridgehead atoms. The first-order valence-electron chi connectivity index (χ1n) is 7.09. The van der Waals surface area contributed by atoms with Crippen molar-refractivity contribution in [2.24, 2.45) is 0 Å². The van der Waals surface area contributed by atoms with Gasteiger partial charge in [0.25, 0.3) is 0 Å². The Morgan fingerprint density at radius 3 is 2.41 bits per heavy atom. The Morgan fingerprint density at radius 1 is 1.14 bits per heavy atom. The first kappa shape index (κ1) is 16.5. The number of sulfonamides is 1. The minimum atomic E-state index is -3.40. The Kier molecular flexibility index (Phi) is 5.21. The highest BCUT2D eigenvalue weighted by molar-refractivity contribution is 7.88. The molecule has 0 fully saturated rings. The quantitative estimate of drug-likeness (QED) is 0.889. The van der Waals surface area contributed by atoms with E-state index in [1.165, 1.54) is 0 Å². The molecule has 2 aromatic carbocycles. The van der Waals surface area contributed by atoms with Crippen LogP contribution in [-0.2, 0) is 15.8 Å².